The standard InChI is InChI=1S/C9H11BrIN5/c1-6(2)16-8(12-5-13-16)4-15-3-7(10)9(11)14-15/h3,5-6H,4H2,1-2H3. The van der Waals surface area contributed by atoms with Crippen molar-refractivity contribution in [3.8, 4) is 0 Å². The Bertz CT molecular complexity index is 470. The van der Waals surface area contributed by atoms with E-state index in [4.69, 9.17) is 0 Å². The Morgan fingerprint density at radius 2 is 2.25 bits per heavy atom. The van der Waals surface area contributed by atoms with Crippen LogP contribution in [-0.4, -0.2) is 24.5 Å². The molecule has 7 heteroatoms. The molecule has 86 valence electrons. The lowest BCUT2D eigenvalue weighted by Crippen LogP contribution is -2.12. The monoisotopic (exact) mass is 395 g/mol. The Labute approximate surface area is 116 Å². The summed E-state index contributed by atoms with van der Waals surface area (Å²) in [6, 6.07) is 0.315. The molecule has 0 aromatic carbocycles. The van der Waals surface area contributed by atoms with Crippen molar-refractivity contribution in [2.75, 3.05) is 0 Å². The third kappa shape index (κ3) is 2.45. The van der Waals surface area contributed by atoms with E-state index in [0.29, 0.717) is 12.6 Å². The molecule has 0 aliphatic rings. The van der Waals surface area contributed by atoms with Gasteiger partial charge < -0.3 is 0 Å². The average Bonchev–Trinajstić information content (AvgIpc) is 2.75. The molecule has 0 saturated heterocycles. The van der Waals surface area contributed by atoms with Crippen molar-refractivity contribution < 1.29 is 0 Å². The minimum Gasteiger partial charge on any atom is -0.263 e. The summed E-state index contributed by atoms with van der Waals surface area (Å²) in [5.41, 5.74) is 0. The first-order valence-corrected chi connectivity index (χ1v) is 6.72. The van der Waals surface area contributed by atoms with Crippen molar-refractivity contribution in [3.05, 3.63) is 26.5 Å². The van der Waals surface area contributed by atoms with Crippen LogP contribution in [0.1, 0.15) is 25.7 Å². The lowest BCUT2D eigenvalue weighted by atomic mass is 10.4. The van der Waals surface area contributed by atoms with Crippen LogP contribution in [0.4, 0.5) is 0 Å². The molecule has 2 heterocycles. The van der Waals surface area contributed by atoms with Gasteiger partial charge in [-0.05, 0) is 52.4 Å². The van der Waals surface area contributed by atoms with Crippen LogP contribution in [0.15, 0.2) is 17.0 Å². The molecule has 0 aliphatic carbocycles. The number of hydrogen-bond acceptors (Lipinski definition) is 3. The summed E-state index contributed by atoms with van der Waals surface area (Å²) >= 11 is 5.62. The molecule has 0 spiro atoms. The zero-order valence-electron chi connectivity index (χ0n) is 8.93. The van der Waals surface area contributed by atoms with Crippen LogP contribution in [0.25, 0.3) is 0 Å². The Hall–Kier alpha value is -0.440. The van der Waals surface area contributed by atoms with E-state index in [9.17, 15) is 0 Å². The predicted molar refractivity (Wildman–Crippen MR) is 72.2 cm³/mol. The van der Waals surface area contributed by atoms with Crippen LogP contribution in [0.2, 0.25) is 0 Å². The van der Waals surface area contributed by atoms with Crippen LogP contribution in [0, 0.1) is 3.70 Å². The maximum absolute atomic E-state index is 4.36. The summed E-state index contributed by atoms with van der Waals surface area (Å²) in [5.74, 6) is 0.918. The first-order valence-electron chi connectivity index (χ1n) is 4.84. The van der Waals surface area contributed by atoms with Crippen molar-refractivity contribution in [1.82, 2.24) is 24.5 Å². The molecule has 0 radical (unpaired) electrons. The fourth-order valence-corrected chi connectivity index (χ4v) is 2.15. The molecule has 0 bridgehead atoms. The van der Waals surface area contributed by atoms with Crippen molar-refractivity contribution in [2.45, 2.75) is 26.4 Å². The van der Waals surface area contributed by atoms with Crippen LogP contribution in [-0.2, 0) is 6.54 Å². The molecule has 0 N–H and O–H groups in total. The molecule has 2 rings (SSSR count). The first-order chi connectivity index (χ1) is 7.58. The minimum atomic E-state index is 0.315. The first kappa shape index (κ1) is 12.0. The van der Waals surface area contributed by atoms with Gasteiger partial charge in [0.25, 0.3) is 0 Å². The number of rotatable bonds is 3. The van der Waals surface area contributed by atoms with Gasteiger partial charge in [0, 0.05) is 12.2 Å². The summed E-state index contributed by atoms with van der Waals surface area (Å²) in [6.45, 7) is 4.81. The zero-order chi connectivity index (χ0) is 11.7. The highest BCUT2D eigenvalue weighted by molar-refractivity contribution is 14.1. The van der Waals surface area contributed by atoms with Gasteiger partial charge in [0.15, 0.2) is 0 Å². The van der Waals surface area contributed by atoms with E-state index in [2.05, 4.69) is 67.5 Å². The Morgan fingerprint density at radius 1 is 1.50 bits per heavy atom. The topological polar surface area (TPSA) is 48.5 Å². The second-order valence-electron chi connectivity index (χ2n) is 3.68. The molecule has 0 amide bonds. The molecule has 2 aromatic heterocycles. The van der Waals surface area contributed by atoms with Gasteiger partial charge in [-0.25, -0.2) is 9.67 Å². The molecule has 0 atom stereocenters. The number of halogens is 2. The average molecular weight is 396 g/mol. The molecule has 0 fully saturated rings. The maximum atomic E-state index is 4.36. The molecular formula is C9H11BrIN5. The van der Waals surface area contributed by atoms with Gasteiger partial charge >= 0.3 is 0 Å². The van der Waals surface area contributed by atoms with Crippen LogP contribution in [0.5, 0.6) is 0 Å². The molecule has 0 saturated carbocycles. The van der Waals surface area contributed by atoms with Gasteiger partial charge in [-0.15, -0.1) is 0 Å². The molecule has 5 nitrogen and oxygen atoms in total. The minimum absolute atomic E-state index is 0.315. The quantitative estimate of drug-likeness (QED) is 0.750. The van der Waals surface area contributed by atoms with Crippen molar-refractivity contribution >= 4 is 38.5 Å². The van der Waals surface area contributed by atoms with E-state index >= 15 is 0 Å². The van der Waals surface area contributed by atoms with Crippen LogP contribution >= 0.6 is 38.5 Å². The van der Waals surface area contributed by atoms with Crippen LogP contribution < -0.4 is 0 Å². The van der Waals surface area contributed by atoms with E-state index in [1.807, 2.05) is 15.6 Å². The zero-order valence-corrected chi connectivity index (χ0v) is 12.7. The summed E-state index contributed by atoms with van der Waals surface area (Å²) in [4.78, 5) is 4.24. The number of nitrogens with zero attached hydrogens (tertiary/aromatic N) is 5. The smallest absolute Gasteiger partial charge is 0.148 e. The Kier molecular flexibility index (Phi) is 3.63. The summed E-state index contributed by atoms with van der Waals surface area (Å²) in [6.07, 6.45) is 3.53. The summed E-state index contributed by atoms with van der Waals surface area (Å²) in [5, 5.41) is 8.55. The van der Waals surface area contributed by atoms with E-state index in [-0.39, 0.29) is 0 Å². The fourth-order valence-electron chi connectivity index (χ4n) is 1.42. The van der Waals surface area contributed by atoms with Crippen molar-refractivity contribution in [1.29, 1.82) is 0 Å². The third-order valence-electron chi connectivity index (χ3n) is 2.12. The molecule has 0 aliphatic heterocycles. The SMILES string of the molecule is CC(C)n1ncnc1Cn1cc(Br)c(I)n1. The molecule has 2 aromatic rings. The van der Waals surface area contributed by atoms with Gasteiger partial charge in [-0.1, -0.05) is 0 Å². The number of hydrogen-bond donors (Lipinski definition) is 0. The third-order valence-corrected chi connectivity index (χ3v) is 4.23. The van der Waals surface area contributed by atoms with Gasteiger partial charge in [0.05, 0.1) is 4.47 Å². The second-order valence-corrected chi connectivity index (χ2v) is 5.56. The van der Waals surface area contributed by atoms with E-state index in [0.717, 1.165) is 14.0 Å². The van der Waals surface area contributed by atoms with Crippen molar-refractivity contribution in [2.24, 2.45) is 0 Å². The van der Waals surface area contributed by atoms with E-state index in [1.165, 1.54) is 0 Å². The Balaban J connectivity index is 2.23. The lowest BCUT2D eigenvalue weighted by molar-refractivity contribution is 0.487. The summed E-state index contributed by atoms with van der Waals surface area (Å²) in [7, 11) is 0. The molecule has 0 unspecified atom stereocenters. The molecule has 16 heavy (non-hydrogen) atoms. The van der Waals surface area contributed by atoms with E-state index in [1.54, 1.807) is 6.33 Å². The second kappa shape index (κ2) is 4.82. The lowest BCUT2D eigenvalue weighted by Gasteiger charge is -2.08. The largest absolute Gasteiger partial charge is 0.263 e. The van der Waals surface area contributed by atoms with Crippen LogP contribution in [0.3, 0.4) is 0 Å². The van der Waals surface area contributed by atoms with Gasteiger partial charge in [-0.3, -0.25) is 4.68 Å². The Morgan fingerprint density at radius 3 is 2.81 bits per heavy atom. The maximum Gasteiger partial charge on any atom is 0.148 e. The highest BCUT2D eigenvalue weighted by Crippen LogP contribution is 2.17. The predicted octanol–water partition coefficient (Wildman–Crippen LogP) is 2.47. The fraction of sp³-hybridized carbons (Fsp3) is 0.444. The van der Waals surface area contributed by atoms with Gasteiger partial charge in [0.1, 0.15) is 22.4 Å². The normalized spacial score (nSPS) is 11.3. The number of aromatic nitrogens is 5. The highest BCUT2D eigenvalue weighted by Gasteiger charge is 2.10. The van der Waals surface area contributed by atoms with Crippen molar-refractivity contribution in [3.63, 3.8) is 0 Å². The van der Waals surface area contributed by atoms with E-state index < -0.39 is 0 Å². The van der Waals surface area contributed by atoms with Gasteiger partial charge in [0.2, 0.25) is 0 Å². The summed E-state index contributed by atoms with van der Waals surface area (Å²) < 4.78 is 5.72. The highest BCUT2D eigenvalue weighted by atomic mass is 127. The molecular weight excluding hydrogens is 385 g/mol. The van der Waals surface area contributed by atoms with Gasteiger partial charge in [-0.2, -0.15) is 10.2 Å².